The molecule has 0 aromatic heterocycles. The number of halogens is 1. The molecule has 0 radical (unpaired) electrons. The number of methoxy groups -OCH3 is 2. The van der Waals surface area contributed by atoms with Crippen LogP contribution < -0.4 is 15.2 Å². The summed E-state index contributed by atoms with van der Waals surface area (Å²) in [5, 5.41) is 10.1. The summed E-state index contributed by atoms with van der Waals surface area (Å²) in [6, 6.07) is 8.52. The molecule has 1 atom stereocenters. The minimum Gasteiger partial charge on any atom is -0.493 e. The van der Waals surface area contributed by atoms with E-state index in [9.17, 15) is 5.26 Å². The van der Waals surface area contributed by atoms with Crippen LogP contribution in [0.3, 0.4) is 0 Å². The van der Waals surface area contributed by atoms with Gasteiger partial charge < -0.3 is 15.2 Å². The normalized spacial score (nSPS) is 12.5. The summed E-state index contributed by atoms with van der Waals surface area (Å²) in [7, 11) is 3.27. The number of rotatable bonds is 17. The van der Waals surface area contributed by atoms with Gasteiger partial charge in [-0.2, -0.15) is 5.26 Å². The summed E-state index contributed by atoms with van der Waals surface area (Å²) in [5.41, 5.74) is 6.28. The average molecular weight is 439 g/mol. The molecule has 0 aliphatic heterocycles. The van der Waals surface area contributed by atoms with Crippen molar-refractivity contribution < 1.29 is 9.47 Å². The van der Waals surface area contributed by atoms with Gasteiger partial charge in [-0.15, -0.1) is 12.4 Å². The van der Waals surface area contributed by atoms with Crippen molar-refractivity contribution in [2.75, 3.05) is 20.8 Å². The van der Waals surface area contributed by atoms with E-state index in [1.165, 1.54) is 57.8 Å². The third kappa shape index (κ3) is 9.58. The van der Waals surface area contributed by atoms with Crippen LogP contribution in [0, 0.1) is 11.3 Å². The van der Waals surface area contributed by atoms with Gasteiger partial charge in [0, 0.05) is 0 Å². The summed E-state index contributed by atoms with van der Waals surface area (Å²) in [6.45, 7) is 2.87. The van der Waals surface area contributed by atoms with Crippen LogP contribution in [-0.4, -0.2) is 20.8 Å². The van der Waals surface area contributed by atoms with E-state index < -0.39 is 5.41 Å². The molecule has 0 aliphatic rings. The summed E-state index contributed by atoms with van der Waals surface area (Å²) < 4.78 is 10.8. The van der Waals surface area contributed by atoms with Gasteiger partial charge in [0.2, 0.25) is 0 Å². The van der Waals surface area contributed by atoms with Crippen molar-refractivity contribution >= 4 is 12.4 Å². The highest BCUT2D eigenvalue weighted by molar-refractivity contribution is 5.85. The Morgan fingerprint density at radius 1 is 0.833 bits per heavy atom. The highest BCUT2D eigenvalue weighted by Gasteiger charge is 2.32. The van der Waals surface area contributed by atoms with Crippen LogP contribution in [0.1, 0.15) is 96.0 Å². The molecule has 5 heteroatoms. The van der Waals surface area contributed by atoms with Gasteiger partial charge in [0.1, 0.15) is 0 Å². The van der Waals surface area contributed by atoms with Crippen LogP contribution in [0.5, 0.6) is 11.5 Å². The number of hydrogen-bond acceptors (Lipinski definition) is 4. The second-order valence-electron chi connectivity index (χ2n) is 8.09. The van der Waals surface area contributed by atoms with Gasteiger partial charge in [-0.05, 0) is 43.5 Å². The Morgan fingerprint density at radius 2 is 1.37 bits per heavy atom. The molecule has 1 aromatic rings. The van der Waals surface area contributed by atoms with Crippen molar-refractivity contribution in [1.29, 1.82) is 5.26 Å². The minimum absolute atomic E-state index is 0. The lowest BCUT2D eigenvalue weighted by Gasteiger charge is -2.28. The van der Waals surface area contributed by atoms with Gasteiger partial charge in [-0.1, -0.05) is 77.2 Å². The highest BCUT2D eigenvalue weighted by Crippen LogP contribution is 2.39. The molecule has 1 aromatic carbocycles. The number of ether oxygens (including phenoxy) is 2. The van der Waals surface area contributed by atoms with E-state index in [1.54, 1.807) is 14.2 Å². The van der Waals surface area contributed by atoms with Gasteiger partial charge in [0.05, 0.1) is 25.7 Å². The zero-order valence-electron chi connectivity index (χ0n) is 19.4. The summed E-state index contributed by atoms with van der Waals surface area (Å²) in [5.74, 6) is 1.38. The van der Waals surface area contributed by atoms with E-state index in [2.05, 4.69) is 13.0 Å². The molecule has 0 spiro atoms. The molecule has 2 N–H and O–H groups in total. The highest BCUT2D eigenvalue weighted by atomic mass is 35.5. The first-order valence-corrected chi connectivity index (χ1v) is 11.5. The fraction of sp³-hybridized carbons (Fsp3) is 0.720. The molecule has 30 heavy (non-hydrogen) atoms. The molecule has 0 amide bonds. The Labute approximate surface area is 190 Å². The van der Waals surface area contributed by atoms with Crippen molar-refractivity contribution in [3.05, 3.63) is 23.8 Å². The second kappa shape index (κ2) is 17.3. The number of nitrogens with zero attached hydrogens (tertiary/aromatic N) is 1. The number of hydrogen-bond donors (Lipinski definition) is 1. The first-order valence-electron chi connectivity index (χ1n) is 11.5. The van der Waals surface area contributed by atoms with Crippen LogP contribution in [0.15, 0.2) is 18.2 Å². The zero-order valence-corrected chi connectivity index (χ0v) is 20.2. The van der Waals surface area contributed by atoms with Crippen molar-refractivity contribution in [2.24, 2.45) is 5.73 Å². The van der Waals surface area contributed by atoms with Crippen molar-refractivity contribution in [1.82, 2.24) is 0 Å². The smallest absolute Gasteiger partial charge is 0.161 e. The molecule has 1 unspecified atom stereocenters. The maximum Gasteiger partial charge on any atom is 0.161 e. The molecule has 1 rings (SSSR count). The fourth-order valence-electron chi connectivity index (χ4n) is 4.04. The molecule has 0 fully saturated rings. The number of benzene rings is 1. The maximum absolute atomic E-state index is 10.1. The molecule has 172 valence electrons. The minimum atomic E-state index is -0.501. The van der Waals surface area contributed by atoms with Gasteiger partial charge >= 0.3 is 0 Å². The third-order valence-electron chi connectivity index (χ3n) is 5.91. The summed E-state index contributed by atoms with van der Waals surface area (Å²) in [4.78, 5) is 0. The lowest BCUT2D eigenvalue weighted by molar-refractivity contribution is 0.352. The SMILES string of the molecule is CCCCCCCCCCCCC(C#N)(CCCN)c1ccc(OC)c(OC)c1.Cl. The Balaban J connectivity index is 0.00000841. The monoisotopic (exact) mass is 438 g/mol. The molecule has 0 saturated heterocycles. The third-order valence-corrected chi connectivity index (χ3v) is 5.91. The van der Waals surface area contributed by atoms with E-state index in [4.69, 9.17) is 15.2 Å². The lowest BCUT2D eigenvalue weighted by atomic mass is 9.74. The van der Waals surface area contributed by atoms with Gasteiger partial charge in [0.15, 0.2) is 11.5 Å². The Kier molecular flexibility index (Phi) is 16.4. The van der Waals surface area contributed by atoms with E-state index in [1.807, 2.05) is 18.2 Å². The molecular weight excluding hydrogens is 396 g/mol. The van der Waals surface area contributed by atoms with Gasteiger partial charge in [-0.3, -0.25) is 0 Å². The van der Waals surface area contributed by atoms with Gasteiger partial charge in [-0.25, -0.2) is 0 Å². The molecule has 0 heterocycles. The summed E-state index contributed by atoms with van der Waals surface area (Å²) >= 11 is 0. The first-order chi connectivity index (χ1) is 14.2. The molecule has 0 aliphatic carbocycles. The largest absolute Gasteiger partial charge is 0.493 e. The van der Waals surface area contributed by atoms with Crippen molar-refractivity contribution in [3.8, 4) is 17.6 Å². The van der Waals surface area contributed by atoms with E-state index >= 15 is 0 Å². The quantitative estimate of drug-likeness (QED) is 0.267. The van der Waals surface area contributed by atoms with Crippen LogP contribution >= 0.6 is 12.4 Å². The average Bonchev–Trinajstić information content (AvgIpc) is 2.76. The predicted molar refractivity (Wildman–Crippen MR) is 129 cm³/mol. The standard InChI is InChI=1S/C25H42N2O2.ClH/c1-4-5-6-7-8-9-10-11-12-13-17-25(21-27,18-14-19-26)22-15-16-23(28-2)24(20-22)29-3;/h15-16,20H,4-14,17-19,26H2,1-3H3;1H. The Morgan fingerprint density at radius 3 is 1.87 bits per heavy atom. The topological polar surface area (TPSA) is 68.3 Å². The van der Waals surface area contributed by atoms with Crippen LogP contribution in [0.2, 0.25) is 0 Å². The van der Waals surface area contributed by atoms with Gasteiger partial charge in [0.25, 0.3) is 0 Å². The summed E-state index contributed by atoms with van der Waals surface area (Å²) in [6.07, 6.45) is 15.5. The first kappa shape index (κ1) is 28.6. The van der Waals surface area contributed by atoms with Crippen LogP contribution in [0.25, 0.3) is 0 Å². The lowest BCUT2D eigenvalue weighted by Crippen LogP contribution is -2.25. The fourth-order valence-corrected chi connectivity index (χ4v) is 4.04. The molecule has 0 bridgehead atoms. The second-order valence-corrected chi connectivity index (χ2v) is 8.09. The number of nitrogens with two attached hydrogens (primary N) is 1. The van der Waals surface area contributed by atoms with E-state index in [-0.39, 0.29) is 12.4 Å². The van der Waals surface area contributed by atoms with E-state index in [0.29, 0.717) is 18.0 Å². The zero-order chi connectivity index (χ0) is 21.4. The van der Waals surface area contributed by atoms with E-state index in [0.717, 1.165) is 31.2 Å². The predicted octanol–water partition coefficient (Wildman–Crippen LogP) is 6.94. The molecular formula is C25H43ClN2O2. The number of unbranched alkanes of at least 4 members (excludes halogenated alkanes) is 9. The van der Waals surface area contributed by atoms with Crippen molar-refractivity contribution in [2.45, 2.75) is 95.8 Å². The van der Waals surface area contributed by atoms with Crippen molar-refractivity contribution in [3.63, 3.8) is 0 Å². The number of nitriles is 1. The maximum atomic E-state index is 10.1. The molecule has 0 saturated carbocycles. The van der Waals surface area contributed by atoms with Crippen LogP contribution in [-0.2, 0) is 5.41 Å². The Bertz CT molecular complexity index is 603. The Hall–Kier alpha value is -1.44. The molecule has 4 nitrogen and oxygen atoms in total. The van der Waals surface area contributed by atoms with Crippen LogP contribution in [0.4, 0.5) is 0 Å².